The van der Waals surface area contributed by atoms with E-state index >= 15 is 0 Å². The average molecular weight is 334 g/mol. The Morgan fingerprint density at radius 3 is 2.16 bits per heavy atom. The van der Waals surface area contributed by atoms with Crippen LogP contribution in [0.1, 0.15) is 48.0 Å². The van der Waals surface area contributed by atoms with E-state index in [0.29, 0.717) is 18.1 Å². The molecule has 0 aliphatic carbocycles. The smallest absolute Gasteiger partial charge is 0.251 e. The van der Waals surface area contributed by atoms with Crippen LogP contribution in [0.25, 0.3) is 0 Å². The van der Waals surface area contributed by atoms with E-state index < -0.39 is 0 Å². The first-order chi connectivity index (χ1) is 12.3. The van der Waals surface area contributed by atoms with Crippen molar-refractivity contribution < 1.29 is 4.79 Å². The molecule has 2 bridgehead atoms. The van der Waals surface area contributed by atoms with Crippen molar-refractivity contribution in [2.24, 2.45) is 0 Å². The molecule has 2 aliphatic rings. The van der Waals surface area contributed by atoms with Gasteiger partial charge in [0.1, 0.15) is 0 Å². The molecular formula is C22H26N2O. The van der Waals surface area contributed by atoms with Crippen LogP contribution >= 0.6 is 0 Å². The number of nitrogens with zero attached hydrogens (tertiary/aromatic N) is 1. The third kappa shape index (κ3) is 3.77. The standard InChI is InChI=1S/C22H26N2O/c25-22(18-10-5-2-6-11-18)23-19-14-20-12-7-13-21(15-19)24(20)16-17-8-3-1-4-9-17/h1-6,8-11,19-21H,7,12-16H2,(H,23,25). The molecule has 25 heavy (non-hydrogen) atoms. The Hall–Kier alpha value is -2.13. The highest BCUT2D eigenvalue weighted by Gasteiger charge is 2.38. The molecule has 0 aromatic heterocycles. The van der Waals surface area contributed by atoms with Crippen LogP contribution in [-0.4, -0.2) is 28.9 Å². The number of rotatable bonds is 4. The quantitative estimate of drug-likeness (QED) is 0.916. The summed E-state index contributed by atoms with van der Waals surface area (Å²) in [6.45, 7) is 1.04. The number of nitrogens with one attached hydrogen (secondary N) is 1. The molecule has 1 amide bonds. The Bertz CT molecular complexity index is 686. The molecule has 2 aromatic rings. The van der Waals surface area contributed by atoms with Crippen molar-refractivity contribution in [2.45, 2.75) is 56.8 Å². The lowest BCUT2D eigenvalue weighted by atomic mass is 9.81. The van der Waals surface area contributed by atoms with Crippen LogP contribution in [0.3, 0.4) is 0 Å². The molecular weight excluding hydrogens is 308 g/mol. The van der Waals surface area contributed by atoms with E-state index in [-0.39, 0.29) is 5.91 Å². The summed E-state index contributed by atoms with van der Waals surface area (Å²) in [7, 11) is 0. The van der Waals surface area contributed by atoms with Crippen LogP contribution in [0.5, 0.6) is 0 Å². The predicted molar refractivity (Wildman–Crippen MR) is 100 cm³/mol. The van der Waals surface area contributed by atoms with Gasteiger partial charge in [0, 0.05) is 30.2 Å². The van der Waals surface area contributed by atoms with E-state index in [4.69, 9.17) is 0 Å². The second-order valence-electron chi connectivity index (χ2n) is 7.40. The Morgan fingerprint density at radius 2 is 1.52 bits per heavy atom. The molecule has 2 aliphatic heterocycles. The number of fused-ring (bicyclic) bond motifs is 2. The van der Waals surface area contributed by atoms with Gasteiger partial charge < -0.3 is 5.32 Å². The van der Waals surface area contributed by atoms with Gasteiger partial charge >= 0.3 is 0 Å². The number of hydrogen-bond acceptors (Lipinski definition) is 2. The Kier molecular flexibility index (Phi) is 4.84. The van der Waals surface area contributed by atoms with Crippen molar-refractivity contribution in [2.75, 3.05) is 0 Å². The normalized spacial score (nSPS) is 26.2. The minimum absolute atomic E-state index is 0.0696. The molecule has 0 saturated carbocycles. The van der Waals surface area contributed by atoms with Crippen molar-refractivity contribution in [3.05, 3.63) is 71.8 Å². The summed E-state index contributed by atoms with van der Waals surface area (Å²) in [5.41, 5.74) is 2.16. The van der Waals surface area contributed by atoms with Gasteiger partial charge in [-0.3, -0.25) is 9.69 Å². The number of carbonyl (C=O) groups excluding carboxylic acids is 1. The van der Waals surface area contributed by atoms with Crippen LogP contribution in [0, 0.1) is 0 Å². The lowest BCUT2D eigenvalue weighted by Crippen LogP contribution is -2.56. The summed E-state index contributed by atoms with van der Waals surface area (Å²) >= 11 is 0. The number of carbonyl (C=O) groups is 1. The first kappa shape index (κ1) is 16.3. The maximum atomic E-state index is 12.5. The third-order valence-corrected chi connectivity index (χ3v) is 5.71. The molecule has 4 rings (SSSR count). The van der Waals surface area contributed by atoms with E-state index in [2.05, 4.69) is 40.5 Å². The molecule has 130 valence electrons. The topological polar surface area (TPSA) is 32.3 Å². The fourth-order valence-corrected chi connectivity index (χ4v) is 4.51. The molecule has 2 heterocycles. The molecule has 0 spiro atoms. The molecule has 3 nitrogen and oxygen atoms in total. The summed E-state index contributed by atoms with van der Waals surface area (Å²) in [6, 6.07) is 21.8. The summed E-state index contributed by atoms with van der Waals surface area (Å²) in [4.78, 5) is 15.2. The monoisotopic (exact) mass is 334 g/mol. The number of piperidine rings is 2. The van der Waals surface area contributed by atoms with E-state index in [0.717, 1.165) is 24.9 Å². The lowest BCUT2D eigenvalue weighted by molar-refractivity contribution is 0.0177. The number of benzene rings is 2. The van der Waals surface area contributed by atoms with Crippen molar-refractivity contribution in [1.29, 1.82) is 0 Å². The summed E-state index contributed by atoms with van der Waals surface area (Å²) in [5.74, 6) is 0.0696. The Balaban J connectivity index is 1.41. The average Bonchev–Trinajstić information content (AvgIpc) is 2.64. The van der Waals surface area contributed by atoms with Crippen LogP contribution in [0.15, 0.2) is 60.7 Å². The van der Waals surface area contributed by atoms with Gasteiger partial charge in [-0.1, -0.05) is 55.0 Å². The van der Waals surface area contributed by atoms with E-state index in [1.165, 1.54) is 24.8 Å². The van der Waals surface area contributed by atoms with E-state index in [1.807, 2.05) is 30.3 Å². The molecule has 3 heteroatoms. The lowest BCUT2D eigenvalue weighted by Gasteiger charge is -2.49. The zero-order valence-corrected chi connectivity index (χ0v) is 14.6. The van der Waals surface area contributed by atoms with Gasteiger partial charge in [0.2, 0.25) is 0 Å². The zero-order chi connectivity index (χ0) is 17.1. The predicted octanol–water partition coefficient (Wildman–Crippen LogP) is 4.00. The van der Waals surface area contributed by atoms with Crippen molar-refractivity contribution in [3.8, 4) is 0 Å². The number of amides is 1. The van der Waals surface area contributed by atoms with Gasteiger partial charge in [-0.15, -0.1) is 0 Å². The summed E-state index contributed by atoms with van der Waals surface area (Å²) in [6.07, 6.45) is 5.96. The SMILES string of the molecule is O=C(NC1CC2CCCC(C1)N2Cc1ccccc1)c1ccccc1. The molecule has 2 saturated heterocycles. The van der Waals surface area contributed by atoms with Crippen molar-refractivity contribution in [1.82, 2.24) is 10.2 Å². The Morgan fingerprint density at radius 1 is 0.920 bits per heavy atom. The van der Waals surface area contributed by atoms with Gasteiger partial charge in [-0.2, -0.15) is 0 Å². The highest BCUT2D eigenvalue weighted by Crippen LogP contribution is 2.35. The summed E-state index contributed by atoms with van der Waals surface area (Å²) in [5, 5.41) is 3.28. The minimum atomic E-state index is 0.0696. The first-order valence-electron chi connectivity index (χ1n) is 9.45. The second-order valence-corrected chi connectivity index (χ2v) is 7.40. The zero-order valence-electron chi connectivity index (χ0n) is 14.6. The first-order valence-corrected chi connectivity index (χ1v) is 9.45. The van der Waals surface area contributed by atoms with Gasteiger partial charge in [0.05, 0.1) is 0 Å². The highest BCUT2D eigenvalue weighted by molar-refractivity contribution is 5.94. The molecule has 1 N–H and O–H groups in total. The van der Waals surface area contributed by atoms with Crippen molar-refractivity contribution in [3.63, 3.8) is 0 Å². The maximum Gasteiger partial charge on any atom is 0.251 e. The fraction of sp³-hybridized carbons (Fsp3) is 0.409. The van der Waals surface area contributed by atoms with Gasteiger partial charge in [-0.05, 0) is 43.4 Å². The van der Waals surface area contributed by atoms with Crippen LogP contribution in [0.2, 0.25) is 0 Å². The third-order valence-electron chi connectivity index (χ3n) is 5.71. The van der Waals surface area contributed by atoms with Crippen LogP contribution in [0.4, 0.5) is 0 Å². The summed E-state index contributed by atoms with van der Waals surface area (Å²) < 4.78 is 0. The second kappa shape index (κ2) is 7.40. The molecule has 2 atom stereocenters. The fourth-order valence-electron chi connectivity index (χ4n) is 4.51. The van der Waals surface area contributed by atoms with Crippen LogP contribution in [-0.2, 0) is 6.54 Å². The highest BCUT2D eigenvalue weighted by atomic mass is 16.1. The largest absolute Gasteiger partial charge is 0.349 e. The van der Waals surface area contributed by atoms with E-state index in [9.17, 15) is 4.79 Å². The molecule has 2 aromatic carbocycles. The maximum absolute atomic E-state index is 12.5. The van der Waals surface area contributed by atoms with Gasteiger partial charge in [0.25, 0.3) is 5.91 Å². The molecule has 2 fully saturated rings. The Labute approximate surface area is 150 Å². The molecule has 0 radical (unpaired) electrons. The van der Waals surface area contributed by atoms with Gasteiger partial charge in [0.15, 0.2) is 0 Å². The van der Waals surface area contributed by atoms with Gasteiger partial charge in [-0.25, -0.2) is 0 Å². The molecule has 2 unspecified atom stereocenters. The minimum Gasteiger partial charge on any atom is -0.349 e. The van der Waals surface area contributed by atoms with E-state index in [1.54, 1.807) is 0 Å². The van der Waals surface area contributed by atoms with Crippen LogP contribution < -0.4 is 5.32 Å². The number of hydrogen-bond donors (Lipinski definition) is 1. The van der Waals surface area contributed by atoms with Crippen molar-refractivity contribution >= 4 is 5.91 Å².